The number of sulfonamides is 1. The third kappa shape index (κ3) is 7.86. The average Bonchev–Trinajstić information content (AvgIpc) is 2.63. The van der Waals surface area contributed by atoms with Gasteiger partial charge >= 0.3 is 0 Å². The molecule has 2 aromatic carbocycles. The number of rotatable bonds is 6. The molecule has 0 radical (unpaired) electrons. The molecule has 0 atom stereocenters. The van der Waals surface area contributed by atoms with E-state index in [9.17, 15) is 13.2 Å². The highest BCUT2D eigenvalue weighted by molar-refractivity contribution is 7.89. The van der Waals surface area contributed by atoms with Crippen LogP contribution in [0, 0.1) is 0 Å². The summed E-state index contributed by atoms with van der Waals surface area (Å²) in [6.45, 7) is 18.0. The summed E-state index contributed by atoms with van der Waals surface area (Å²) >= 11 is 0. The first kappa shape index (κ1) is 26.9. The Hall–Kier alpha value is -2.38. The molecule has 0 aromatic heterocycles. The van der Waals surface area contributed by atoms with Crippen LogP contribution in [0.3, 0.4) is 0 Å². The Morgan fingerprint density at radius 1 is 0.848 bits per heavy atom. The van der Waals surface area contributed by atoms with E-state index in [-0.39, 0.29) is 28.2 Å². The minimum Gasteiger partial charge on any atom is -0.483 e. The van der Waals surface area contributed by atoms with Crippen molar-refractivity contribution in [2.24, 2.45) is 0 Å². The van der Waals surface area contributed by atoms with Gasteiger partial charge in [-0.2, -0.15) is 0 Å². The first-order valence-corrected chi connectivity index (χ1v) is 12.6. The van der Waals surface area contributed by atoms with E-state index < -0.39 is 15.6 Å². The van der Waals surface area contributed by atoms with Gasteiger partial charge < -0.3 is 10.1 Å². The zero-order valence-electron chi connectivity index (χ0n) is 21.3. The Morgan fingerprint density at radius 2 is 1.42 bits per heavy atom. The van der Waals surface area contributed by atoms with Gasteiger partial charge in [0.25, 0.3) is 5.91 Å². The fraction of sp³-hybridized carbons (Fsp3) is 0.500. The zero-order valence-corrected chi connectivity index (χ0v) is 22.1. The molecular weight excluding hydrogens is 436 g/mol. The summed E-state index contributed by atoms with van der Waals surface area (Å²) in [7, 11) is -3.63. The maximum atomic E-state index is 12.5. The van der Waals surface area contributed by atoms with Gasteiger partial charge in [0.15, 0.2) is 6.61 Å². The van der Waals surface area contributed by atoms with E-state index in [1.807, 2.05) is 12.1 Å². The number of benzene rings is 2. The fourth-order valence-corrected chi connectivity index (χ4v) is 4.65. The largest absolute Gasteiger partial charge is 0.483 e. The second-order valence-corrected chi connectivity index (χ2v) is 13.1. The van der Waals surface area contributed by atoms with Crippen LogP contribution in [0.4, 0.5) is 5.69 Å². The fourth-order valence-electron chi connectivity index (χ4n) is 3.23. The molecule has 2 N–H and O–H groups in total. The van der Waals surface area contributed by atoms with Crippen molar-refractivity contribution in [2.45, 2.75) is 83.6 Å². The Kier molecular flexibility index (Phi) is 7.71. The third-order valence-corrected chi connectivity index (χ3v) is 6.68. The highest BCUT2D eigenvalue weighted by atomic mass is 32.2. The molecule has 2 rings (SSSR count). The summed E-state index contributed by atoms with van der Waals surface area (Å²) in [6.07, 6.45) is 0. The Balaban J connectivity index is 2.09. The van der Waals surface area contributed by atoms with E-state index in [1.54, 1.807) is 32.9 Å². The zero-order chi connectivity index (χ0) is 25.2. The molecule has 1 amide bonds. The number of amides is 1. The molecule has 0 aliphatic carbocycles. The number of anilines is 1. The molecule has 0 bridgehead atoms. The van der Waals surface area contributed by atoms with Crippen LogP contribution >= 0.6 is 0 Å². The van der Waals surface area contributed by atoms with Crippen molar-refractivity contribution in [1.29, 1.82) is 0 Å². The number of hydrogen-bond acceptors (Lipinski definition) is 4. The Bertz CT molecular complexity index is 1090. The molecule has 0 spiro atoms. The van der Waals surface area contributed by atoms with Gasteiger partial charge in [-0.05, 0) is 73.1 Å². The third-order valence-electron chi connectivity index (χ3n) is 4.90. The predicted octanol–water partition coefficient (Wildman–Crippen LogP) is 5.38. The maximum absolute atomic E-state index is 12.5. The van der Waals surface area contributed by atoms with Crippen LogP contribution in [-0.2, 0) is 25.6 Å². The molecule has 7 heteroatoms. The molecule has 0 aliphatic rings. The van der Waals surface area contributed by atoms with Gasteiger partial charge in [-0.1, -0.05) is 53.7 Å². The quantitative estimate of drug-likeness (QED) is 0.589. The van der Waals surface area contributed by atoms with Gasteiger partial charge in [0, 0.05) is 11.2 Å². The molecule has 0 aliphatic heterocycles. The van der Waals surface area contributed by atoms with E-state index >= 15 is 0 Å². The molecule has 0 fully saturated rings. The monoisotopic (exact) mass is 474 g/mol. The van der Waals surface area contributed by atoms with E-state index in [2.05, 4.69) is 57.6 Å². The molecule has 2 aromatic rings. The van der Waals surface area contributed by atoms with Gasteiger partial charge in [-0.25, -0.2) is 13.1 Å². The minimum atomic E-state index is -3.63. The average molecular weight is 475 g/mol. The molecule has 0 saturated carbocycles. The van der Waals surface area contributed by atoms with E-state index in [1.165, 1.54) is 17.7 Å². The lowest BCUT2D eigenvalue weighted by molar-refractivity contribution is -0.118. The van der Waals surface area contributed by atoms with Crippen molar-refractivity contribution < 1.29 is 17.9 Å². The van der Waals surface area contributed by atoms with Crippen LogP contribution in [-0.4, -0.2) is 26.5 Å². The molecular formula is C26H38N2O4S. The molecule has 0 saturated heterocycles. The van der Waals surface area contributed by atoms with Crippen LogP contribution in [0.15, 0.2) is 47.4 Å². The highest BCUT2D eigenvalue weighted by Crippen LogP contribution is 2.35. The summed E-state index contributed by atoms with van der Waals surface area (Å²) in [6, 6.07) is 12.2. The van der Waals surface area contributed by atoms with Crippen molar-refractivity contribution in [3.63, 3.8) is 0 Å². The normalized spacial score (nSPS) is 13.0. The number of carbonyl (C=O) groups excluding carboxylic acids is 1. The van der Waals surface area contributed by atoms with Gasteiger partial charge in [-0.3, -0.25) is 4.79 Å². The summed E-state index contributed by atoms with van der Waals surface area (Å²) in [5.41, 5.74) is 2.04. The highest BCUT2D eigenvalue weighted by Gasteiger charge is 2.24. The number of ether oxygens (including phenoxy) is 1. The van der Waals surface area contributed by atoms with Crippen LogP contribution in [0.1, 0.15) is 73.4 Å². The molecule has 0 heterocycles. The van der Waals surface area contributed by atoms with Gasteiger partial charge in [-0.15, -0.1) is 0 Å². The summed E-state index contributed by atoms with van der Waals surface area (Å²) in [5.74, 6) is 0.360. The summed E-state index contributed by atoms with van der Waals surface area (Å²) in [4.78, 5) is 12.6. The molecule has 6 nitrogen and oxygen atoms in total. The Morgan fingerprint density at radius 3 is 1.91 bits per heavy atom. The molecule has 0 unspecified atom stereocenters. The number of carbonyl (C=O) groups is 1. The van der Waals surface area contributed by atoms with E-state index in [0.29, 0.717) is 11.4 Å². The van der Waals surface area contributed by atoms with Crippen LogP contribution < -0.4 is 14.8 Å². The van der Waals surface area contributed by atoms with Gasteiger partial charge in [0.2, 0.25) is 10.0 Å². The number of nitrogens with one attached hydrogen (secondary N) is 2. The van der Waals surface area contributed by atoms with Crippen LogP contribution in [0.25, 0.3) is 0 Å². The van der Waals surface area contributed by atoms with Crippen molar-refractivity contribution >= 4 is 21.6 Å². The van der Waals surface area contributed by atoms with Crippen molar-refractivity contribution in [1.82, 2.24) is 4.72 Å². The topological polar surface area (TPSA) is 84.5 Å². The maximum Gasteiger partial charge on any atom is 0.262 e. The first-order chi connectivity index (χ1) is 14.9. The van der Waals surface area contributed by atoms with Crippen molar-refractivity contribution in [3.8, 4) is 5.75 Å². The lowest BCUT2D eigenvalue weighted by Crippen LogP contribution is -2.40. The first-order valence-electron chi connectivity index (χ1n) is 11.1. The number of hydrogen-bond donors (Lipinski definition) is 2. The predicted molar refractivity (Wildman–Crippen MR) is 134 cm³/mol. The van der Waals surface area contributed by atoms with E-state index in [0.717, 1.165) is 5.56 Å². The van der Waals surface area contributed by atoms with Crippen LogP contribution in [0.2, 0.25) is 0 Å². The van der Waals surface area contributed by atoms with Crippen molar-refractivity contribution in [3.05, 3.63) is 53.6 Å². The molecule has 33 heavy (non-hydrogen) atoms. The lowest BCUT2D eigenvalue weighted by Gasteiger charge is -2.27. The second-order valence-electron chi connectivity index (χ2n) is 11.4. The standard InChI is InChI=1S/C26H38N2O4S/c1-24(2,3)18-10-15-22(21(16-18)25(4,5)6)32-17-23(29)27-19-11-13-20(14-12-19)33(30,31)28-26(7,8)9/h10-16,28H,17H2,1-9H3,(H,27,29). The minimum absolute atomic E-state index is 0.0119. The van der Waals surface area contributed by atoms with Gasteiger partial charge in [0.1, 0.15) is 5.75 Å². The van der Waals surface area contributed by atoms with Gasteiger partial charge in [0.05, 0.1) is 4.90 Å². The summed E-state index contributed by atoms with van der Waals surface area (Å²) < 4.78 is 33.3. The lowest BCUT2D eigenvalue weighted by atomic mass is 9.80. The SMILES string of the molecule is CC(C)(C)NS(=O)(=O)c1ccc(NC(=O)COc2ccc(C(C)(C)C)cc2C(C)(C)C)cc1. The smallest absolute Gasteiger partial charge is 0.262 e. The molecule has 182 valence electrons. The van der Waals surface area contributed by atoms with Crippen LogP contribution in [0.5, 0.6) is 5.75 Å². The summed E-state index contributed by atoms with van der Waals surface area (Å²) in [5, 5.41) is 2.75. The van der Waals surface area contributed by atoms with E-state index in [4.69, 9.17) is 4.74 Å². The second kappa shape index (κ2) is 9.47. The van der Waals surface area contributed by atoms with Crippen molar-refractivity contribution in [2.75, 3.05) is 11.9 Å². The Labute approximate surface area is 199 Å².